The first-order chi connectivity index (χ1) is 15.7. The first-order valence-corrected chi connectivity index (χ1v) is 11.9. The third-order valence-electron chi connectivity index (χ3n) is 5.78. The Hall–Kier alpha value is -3.33. The lowest BCUT2D eigenvalue weighted by molar-refractivity contribution is 0.744. The molecule has 8 nitrogen and oxygen atoms in total. The van der Waals surface area contributed by atoms with Gasteiger partial charge in [-0.2, -0.15) is 4.68 Å². The summed E-state index contributed by atoms with van der Waals surface area (Å²) in [7, 11) is 0. The third kappa shape index (κ3) is 4.08. The lowest BCUT2D eigenvalue weighted by Gasteiger charge is -2.22. The molecule has 0 amide bonds. The van der Waals surface area contributed by atoms with Crippen LogP contribution >= 0.6 is 11.3 Å². The van der Waals surface area contributed by atoms with Crippen LogP contribution in [0.5, 0.6) is 0 Å². The maximum absolute atomic E-state index is 4.76. The maximum atomic E-state index is 4.76. The number of tetrazole rings is 1. The van der Waals surface area contributed by atoms with Gasteiger partial charge in [0.1, 0.15) is 0 Å². The molecule has 5 rings (SSSR count). The summed E-state index contributed by atoms with van der Waals surface area (Å²) in [5.74, 6) is 2.09. The minimum Gasteiger partial charge on any atom is -0.372 e. The Morgan fingerprint density at radius 1 is 1.16 bits per heavy atom. The van der Waals surface area contributed by atoms with E-state index in [4.69, 9.17) is 4.98 Å². The molecule has 0 bridgehead atoms. The number of anilines is 3. The van der Waals surface area contributed by atoms with Crippen LogP contribution in [-0.4, -0.2) is 43.3 Å². The normalized spacial score (nSPS) is 13.3. The standard InChI is InChI=1S/C23H26N8S/c1-4-30(5-2)18-9-10-19(15(3)12-18)25-23-26-20(14-32-23)17-8-11-21(24-13-17)31-22(16-6-7-16)27-28-29-31/h8-14,16H,4-7H2,1-3H3,(H,25,26). The van der Waals surface area contributed by atoms with E-state index < -0.39 is 0 Å². The van der Waals surface area contributed by atoms with Crippen molar-refractivity contribution in [1.29, 1.82) is 0 Å². The predicted octanol–water partition coefficient (Wildman–Crippen LogP) is 4.96. The van der Waals surface area contributed by atoms with Crippen molar-refractivity contribution in [1.82, 2.24) is 30.2 Å². The molecule has 1 saturated carbocycles. The van der Waals surface area contributed by atoms with E-state index in [2.05, 4.69) is 69.7 Å². The molecule has 1 N–H and O–H groups in total. The highest BCUT2D eigenvalue weighted by atomic mass is 32.1. The summed E-state index contributed by atoms with van der Waals surface area (Å²) >= 11 is 1.59. The van der Waals surface area contributed by atoms with Gasteiger partial charge < -0.3 is 10.2 Å². The maximum Gasteiger partial charge on any atom is 0.187 e. The lowest BCUT2D eigenvalue weighted by atomic mass is 10.1. The highest BCUT2D eigenvalue weighted by Crippen LogP contribution is 2.39. The zero-order valence-corrected chi connectivity index (χ0v) is 19.3. The van der Waals surface area contributed by atoms with Crippen LogP contribution in [0, 0.1) is 6.92 Å². The molecule has 0 unspecified atom stereocenters. The molecular weight excluding hydrogens is 420 g/mol. The van der Waals surface area contributed by atoms with Crippen LogP contribution in [-0.2, 0) is 0 Å². The van der Waals surface area contributed by atoms with Gasteiger partial charge in [-0.05, 0) is 79.9 Å². The molecule has 0 radical (unpaired) electrons. The van der Waals surface area contributed by atoms with Gasteiger partial charge in [0, 0.05) is 47.5 Å². The van der Waals surface area contributed by atoms with E-state index in [1.807, 2.05) is 23.7 Å². The Morgan fingerprint density at radius 2 is 2.00 bits per heavy atom. The van der Waals surface area contributed by atoms with Crippen LogP contribution < -0.4 is 10.2 Å². The molecule has 32 heavy (non-hydrogen) atoms. The Morgan fingerprint density at radius 3 is 2.69 bits per heavy atom. The Bertz CT molecular complexity index is 1200. The quantitative estimate of drug-likeness (QED) is 0.410. The minimum absolute atomic E-state index is 0.461. The van der Waals surface area contributed by atoms with E-state index in [0.717, 1.165) is 59.6 Å². The van der Waals surface area contributed by atoms with Crippen molar-refractivity contribution in [2.24, 2.45) is 0 Å². The Kier molecular flexibility index (Phi) is 5.57. The summed E-state index contributed by atoms with van der Waals surface area (Å²) in [5, 5.41) is 18.4. The number of nitrogens with zero attached hydrogens (tertiary/aromatic N) is 7. The number of hydrogen-bond donors (Lipinski definition) is 1. The smallest absolute Gasteiger partial charge is 0.187 e. The van der Waals surface area contributed by atoms with Gasteiger partial charge >= 0.3 is 0 Å². The Labute approximate surface area is 191 Å². The Balaban J connectivity index is 1.31. The number of rotatable bonds is 8. The van der Waals surface area contributed by atoms with Crippen molar-refractivity contribution in [3.05, 3.63) is 53.3 Å². The number of thiazole rings is 1. The summed E-state index contributed by atoms with van der Waals surface area (Å²) in [6, 6.07) is 10.5. The molecule has 0 saturated heterocycles. The molecule has 9 heteroatoms. The van der Waals surface area contributed by atoms with E-state index in [1.54, 1.807) is 16.0 Å². The van der Waals surface area contributed by atoms with Gasteiger partial charge in [0.15, 0.2) is 16.8 Å². The van der Waals surface area contributed by atoms with E-state index >= 15 is 0 Å². The highest BCUT2D eigenvalue weighted by molar-refractivity contribution is 7.14. The number of hydrogen-bond acceptors (Lipinski definition) is 8. The van der Waals surface area contributed by atoms with Gasteiger partial charge in [0.05, 0.1) is 5.69 Å². The molecule has 3 aromatic heterocycles. The largest absolute Gasteiger partial charge is 0.372 e. The summed E-state index contributed by atoms with van der Waals surface area (Å²) in [6.07, 6.45) is 4.12. The minimum atomic E-state index is 0.461. The van der Waals surface area contributed by atoms with Gasteiger partial charge in [-0.15, -0.1) is 16.4 Å². The van der Waals surface area contributed by atoms with Crippen molar-refractivity contribution >= 4 is 27.8 Å². The lowest BCUT2D eigenvalue weighted by Crippen LogP contribution is -2.21. The van der Waals surface area contributed by atoms with Crippen molar-refractivity contribution in [3.8, 4) is 17.1 Å². The molecule has 0 aliphatic heterocycles. The molecule has 1 aliphatic rings. The van der Waals surface area contributed by atoms with Crippen molar-refractivity contribution in [3.63, 3.8) is 0 Å². The number of aryl methyl sites for hydroxylation is 1. The first kappa shape index (κ1) is 20.6. The molecule has 0 atom stereocenters. The predicted molar refractivity (Wildman–Crippen MR) is 128 cm³/mol. The second kappa shape index (κ2) is 8.66. The van der Waals surface area contributed by atoms with Crippen LogP contribution in [0.15, 0.2) is 41.9 Å². The number of nitrogens with one attached hydrogen (secondary N) is 1. The van der Waals surface area contributed by atoms with E-state index in [-0.39, 0.29) is 0 Å². The fourth-order valence-electron chi connectivity index (χ4n) is 3.77. The SMILES string of the molecule is CCN(CC)c1ccc(Nc2nc(-c3ccc(-n4nnnc4C4CC4)nc3)cs2)c(C)c1. The first-order valence-electron chi connectivity index (χ1n) is 11.0. The van der Waals surface area contributed by atoms with E-state index in [1.165, 1.54) is 11.3 Å². The summed E-state index contributed by atoms with van der Waals surface area (Å²) in [5.41, 5.74) is 5.38. The van der Waals surface area contributed by atoms with Crippen LogP contribution in [0.25, 0.3) is 17.1 Å². The van der Waals surface area contributed by atoms with Gasteiger partial charge in [-0.25, -0.2) is 9.97 Å². The van der Waals surface area contributed by atoms with Gasteiger partial charge in [0.2, 0.25) is 0 Å². The average Bonchev–Trinajstić information content (AvgIpc) is 3.35. The summed E-state index contributed by atoms with van der Waals surface area (Å²) in [6.45, 7) is 8.49. The summed E-state index contributed by atoms with van der Waals surface area (Å²) in [4.78, 5) is 11.7. The molecule has 4 aromatic rings. The molecule has 3 heterocycles. The van der Waals surface area contributed by atoms with Crippen molar-refractivity contribution < 1.29 is 0 Å². The average molecular weight is 447 g/mol. The van der Waals surface area contributed by atoms with E-state index in [9.17, 15) is 0 Å². The fraction of sp³-hybridized carbons (Fsp3) is 0.348. The van der Waals surface area contributed by atoms with E-state index in [0.29, 0.717) is 5.92 Å². The van der Waals surface area contributed by atoms with Crippen molar-refractivity contribution in [2.75, 3.05) is 23.3 Å². The van der Waals surface area contributed by atoms with Crippen LogP contribution in [0.3, 0.4) is 0 Å². The summed E-state index contributed by atoms with van der Waals surface area (Å²) < 4.78 is 1.74. The highest BCUT2D eigenvalue weighted by Gasteiger charge is 2.30. The number of benzene rings is 1. The van der Waals surface area contributed by atoms with Crippen molar-refractivity contribution in [2.45, 2.75) is 39.5 Å². The monoisotopic (exact) mass is 446 g/mol. The molecule has 1 aliphatic carbocycles. The van der Waals surface area contributed by atoms with Crippen LogP contribution in [0.4, 0.5) is 16.5 Å². The zero-order valence-electron chi connectivity index (χ0n) is 18.5. The van der Waals surface area contributed by atoms with Crippen LogP contribution in [0.2, 0.25) is 0 Å². The molecule has 1 fully saturated rings. The second-order valence-corrected chi connectivity index (χ2v) is 8.82. The molecule has 1 aromatic carbocycles. The third-order valence-corrected chi connectivity index (χ3v) is 6.54. The van der Waals surface area contributed by atoms with Crippen LogP contribution in [0.1, 0.15) is 44.0 Å². The van der Waals surface area contributed by atoms with Gasteiger partial charge in [-0.3, -0.25) is 0 Å². The van der Waals surface area contributed by atoms with Gasteiger partial charge in [-0.1, -0.05) is 0 Å². The van der Waals surface area contributed by atoms with Gasteiger partial charge in [0.25, 0.3) is 0 Å². The molecule has 164 valence electrons. The molecule has 0 spiro atoms. The molecular formula is C23H26N8S. The number of pyridine rings is 1. The second-order valence-electron chi connectivity index (χ2n) is 7.96. The number of aromatic nitrogens is 6. The topological polar surface area (TPSA) is 84.7 Å². The zero-order chi connectivity index (χ0) is 22.1. The fourth-order valence-corrected chi connectivity index (χ4v) is 4.50.